The summed E-state index contributed by atoms with van der Waals surface area (Å²) in [6, 6.07) is 0. The van der Waals surface area contributed by atoms with Crippen LogP contribution in [-0.4, -0.2) is 32.3 Å². The van der Waals surface area contributed by atoms with E-state index < -0.39 is 18.2 Å². The number of hydrogen-bond donors (Lipinski definition) is 1. The third-order valence-corrected chi connectivity index (χ3v) is 0. The minimum absolute atomic E-state index is 0.639. The number of nitrogens with one attached hydrogen (secondary N) is 1. The van der Waals surface area contributed by atoms with Crippen molar-refractivity contribution in [2.24, 2.45) is 0 Å². The molecule has 0 spiro atoms. The molecule has 0 aliphatic carbocycles. The molecule has 0 aromatic heterocycles. The normalized spacial score (nSPS) is 4.67. The van der Waals surface area contributed by atoms with Gasteiger partial charge in [0.15, 0.2) is 0 Å². The van der Waals surface area contributed by atoms with Crippen molar-refractivity contribution < 1.29 is 0 Å². The average Bonchev–Trinajstić information content (AvgIpc) is 1.39. The first-order valence-electron chi connectivity index (χ1n) is 1.53. The largest absolute Gasteiger partial charge is 0.618 e. The van der Waals surface area contributed by atoms with E-state index in [0.29, 0.717) is 0 Å². The Bertz CT molecular complexity index is 13.5. The van der Waals surface area contributed by atoms with Crippen molar-refractivity contribution in [1.82, 2.24) is 5.32 Å². The lowest BCUT2D eigenvalue weighted by atomic mass is 11.3. The van der Waals surface area contributed by atoms with Gasteiger partial charge in [-0.1, -0.05) is 0 Å². The lowest BCUT2D eigenvalue weighted by molar-refractivity contribution is 1.02. The van der Waals surface area contributed by atoms with Gasteiger partial charge in [-0.25, -0.2) is 0 Å². The Kier molecular flexibility index (Phi) is 27.9. The van der Waals surface area contributed by atoms with E-state index in [2.05, 4.69) is 5.32 Å². The third kappa shape index (κ3) is 57.7. The van der Waals surface area contributed by atoms with Gasteiger partial charge in [-0.05, 0) is 14.1 Å². The van der Waals surface area contributed by atoms with Crippen LogP contribution in [0.25, 0.3) is 0 Å². The molecule has 0 heterocycles. The van der Waals surface area contributed by atoms with E-state index in [-0.39, 0.29) is 0 Å². The van der Waals surface area contributed by atoms with Crippen LogP contribution in [0.3, 0.4) is 0 Å². The molecule has 0 bridgehead atoms. The predicted octanol–water partition coefficient (Wildman–Crippen LogP) is 0.834. The van der Waals surface area contributed by atoms with Crippen molar-refractivity contribution in [3.8, 4) is 0 Å². The Hall–Kier alpha value is 1.31. The van der Waals surface area contributed by atoms with Crippen LogP contribution in [0, 0.1) is 0 Å². The molecule has 0 aliphatic heterocycles. The van der Waals surface area contributed by atoms with Crippen LogP contribution in [0.15, 0.2) is 0 Å². The molecule has 0 aliphatic rings. The van der Waals surface area contributed by atoms with Crippen molar-refractivity contribution in [1.29, 1.82) is 0 Å². The molecule has 0 fully saturated rings. The van der Waals surface area contributed by atoms with Gasteiger partial charge in [0.2, 0.25) is 0 Å². The zero-order valence-electron chi connectivity index (χ0n) is 3.96. The average molecular weight is 140 g/mol. The highest BCUT2D eigenvalue weighted by Crippen LogP contribution is 1.67. The minimum Gasteiger partial charge on any atom is -0.323 e. The zero-order chi connectivity index (χ0) is 5.41. The summed E-state index contributed by atoms with van der Waals surface area (Å²) in [5, 5.41) is 2.75. The molecular formula is C2H7Cl2MgN. The number of halogens is 2. The Labute approximate surface area is 55.7 Å². The minimum atomic E-state index is -0.639. The summed E-state index contributed by atoms with van der Waals surface area (Å²) in [6.07, 6.45) is 0. The van der Waals surface area contributed by atoms with Crippen molar-refractivity contribution in [2.45, 2.75) is 0 Å². The second-order valence-corrected chi connectivity index (χ2v) is 3.23. The first-order chi connectivity index (χ1) is 2.83. The first kappa shape index (κ1) is 10.3. The molecule has 36 valence electrons. The Balaban J connectivity index is 0. The fourth-order valence-corrected chi connectivity index (χ4v) is 0. The van der Waals surface area contributed by atoms with Crippen molar-refractivity contribution >= 4 is 36.3 Å². The quantitative estimate of drug-likeness (QED) is 0.492. The van der Waals surface area contributed by atoms with E-state index in [1.807, 2.05) is 14.1 Å². The van der Waals surface area contributed by atoms with Crippen LogP contribution in [0.4, 0.5) is 0 Å². The molecular weight excluding hydrogens is 133 g/mol. The molecule has 1 nitrogen and oxygen atoms in total. The standard InChI is InChI=1S/C2H7N.2ClH.Mg/c1-3-2;;;/h3H,1-2H3;2*1H;/q;;;+2/p-2. The smallest absolute Gasteiger partial charge is 0.323 e. The first-order valence-corrected chi connectivity index (χ1v) is 5.81. The summed E-state index contributed by atoms with van der Waals surface area (Å²) in [7, 11) is 13.6. The van der Waals surface area contributed by atoms with Crippen LogP contribution in [0.2, 0.25) is 0 Å². The van der Waals surface area contributed by atoms with Crippen molar-refractivity contribution in [3.05, 3.63) is 0 Å². The van der Waals surface area contributed by atoms with E-state index in [9.17, 15) is 0 Å². The van der Waals surface area contributed by atoms with E-state index in [1.54, 1.807) is 0 Å². The Morgan fingerprint density at radius 2 is 1.33 bits per heavy atom. The van der Waals surface area contributed by atoms with Gasteiger partial charge >= 0.3 is 18.2 Å². The van der Waals surface area contributed by atoms with E-state index in [4.69, 9.17) is 18.1 Å². The van der Waals surface area contributed by atoms with Crippen LogP contribution in [-0.2, 0) is 0 Å². The second kappa shape index (κ2) is 16.2. The molecule has 4 heteroatoms. The maximum absolute atomic E-state index is 4.90. The number of rotatable bonds is 0. The van der Waals surface area contributed by atoms with Crippen LogP contribution in [0.5, 0.6) is 0 Å². The Morgan fingerprint density at radius 1 is 1.33 bits per heavy atom. The molecule has 0 unspecified atom stereocenters. The summed E-state index contributed by atoms with van der Waals surface area (Å²) in [5.74, 6) is 0. The molecule has 0 saturated heterocycles. The molecule has 6 heavy (non-hydrogen) atoms. The van der Waals surface area contributed by atoms with Crippen LogP contribution in [0.1, 0.15) is 0 Å². The summed E-state index contributed by atoms with van der Waals surface area (Å²) >= 11 is -0.639. The highest BCUT2D eigenvalue weighted by atomic mass is 35.6. The van der Waals surface area contributed by atoms with Gasteiger partial charge in [-0.3, -0.25) is 0 Å². The second-order valence-electron chi connectivity index (χ2n) is 0.601. The molecule has 0 atom stereocenters. The van der Waals surface area contributed by atoms with Crippen LogP contribution < -0.4 is 5.32 Å². The molecule has 0 radical (unpaired) electrons. The molecule has 0 aromatic carbocycles. The van der Waals surface area contributed by atoms with Gasteiger partial charge in [-0.2, -0.15) is 0 Å². The summed E-state index contributed by atoms with van der Waals surface area (Å²) in [6.45, 7) is 0. The van der Waals surface area contributed by atoms with Gasteiger partial charge in [0, 0.05) is 0 Å². The molecule has 1 N–H and O–H groups in total. The fraction of sp³-hybridized carbons (Fsp3) is 1.00. The highest BCUT2D eigenvalue weighted by molar-refractivity contribution is 7.22. The predicted molar refractivity (Wildman–Crippen MR) is 32.4 cm³/mol. The topological polar surface area (TPSA) is 12.0 Å². The van der Waals surface area contributed by atoms with Gasteiger partial charge in [0.25, 0.3) is 0 Å². The molecule has 0 rings (SSSR count). The lowest BCUT2D eigenvalue weighted by Crippen LogP contribution is -1.89. The lowest BCUT2D eigenvalue weighted by Gasteiger charge is -1.59. The van der Waals surface area contributed by atoms with Crippen molar-refractivity contribution in [2.75, 3.05) is 14.1 Å². The van der Waals surface area contributed by atoms with Gasteiger partial charge in [0.05, 0.1) is 0 Å². The van der Waals surface area contributed by atoms with Gasteiger partial charge in [0.1, 0.15) is 0 Å². The fourth-order valence-electron chi connectivity index (χ4n) is 0. The SMILES string of the molecule is CNC.[Cl][Mg][Cl]. The van der Waals surface area contributed by atoms with E-state index in [1.165, 1.54) is 0 Å². The molecule has 0 aromatic rings. The molecule has 0 saturated carbocycles. The van der Waals surface area contributed by atoms with E-state index >= 15 is 0 Å². The van der Waals surface area contributed by atoms with Crippen molar-refractivity contribution in [3.63, 3.8) is 0 Å². The third-order valence-electron chi connectivity index (χ3n) is 0. The monoisotopic (exact) mass is 139 g/mol. The number of hydrogen-bond acceptors (Lipinski definition) is 1. The molecule has 0 amide bonds. The van der Waals surface area contributed by atoms with Crippen LogP contribution >= 0.6 is 18.1 Å². The zero-order valence-corrected chi connectivity index (χ0v) is 6.89. The van der Waals surface area contributed by atoms with Gasteiger partial charge in [-0.15, -0.1) is 0 Å². The summed E-state index contributed by atoms with van der Waals surface area (Å²) in [4.78, 5) is 0. The summed E-state index contributed by atoms with van der Waals surface area (Å²) < 4.78 is 0. The maximum atomic E-state index is 4.90. The summed E-state index contributed by atoms with van der Waals surface area (Å²) in [5.41, 5.74) is 0. The van der Waals surface area contributed by atoms with E-state index in [0.717, 1.165) is 0 Å². The van der Waals surface area contributed by atoms with Gasteiger partial charge < -0.3 is 23.5 Å². The highest BCUT2D eigenvalue weighted by Gasteiger charge is 1.64. The maximum Gasteiger partial charge on any atom is 0.618 e. The Morgan fingerprint density at radius 3 is 1.33 bits per heavy atom.